The zero-order chi connectivity index (χ0) is 16.7. The molecule has 0 amide bonds. The van der Waals surface area contributed by atoms with E-state index in [9.17, 15) is 5.11 Å². The third-order valence-corrected chi connectivity index (χ3v) is 2.52. The lowest BCUT2D eigenvalue weighted by atomic mass is 10.1. The van der Waals surface area contributed by atoms with E-state index in [1.807, 2.05) is 20.8 Å². The van der Waals surface area contributed by atoms with Crippen molar-refractivity contribution in [3.8, 4) is 0 Å². The molecule has 0 aromatic heterocycles. The van der Waals surface area contributed by atoms with Crippen molar-refractivity contribution >= 4 is 12.2 Å². The molecule has 5 nitrogen and oxygen atoms in total. The van der Waals surface area contributed by atoms with Crippen LogP contribution in [0.2, 0.25) is 0 Å². The van der Waals surface area contributed by atoms with Crippen molar-refractivity contribution in [3.05, 3.63) is 23.4 Å². The number of aliphatic imine (C=N–C) groups is 2. The molecule has 5 heteroatoms. The van der Waals surface area contributed by atoms with Gasteiger partial charge in [-0.25, -0.2) is 9.98 Å². The Morgan fingerprint density at radius 1 is 1.24 bits per heavy atom. The van der Waals surface area contributed by atoms with Gasteiger partial charge in [0.1, 0.15) is 5.84 Å². The summed E-state index contributed by atoms with van der Waals surface area (Å²) in [5.74, 6) is 0.576. The van der Waals surface area contributed by atoms with E-state index < -0.39 is 6.29 Å². The van der Waals surface area contributed by atoms with Gasteiger partial charge in [-0.1, -0.05) is 27.7 Å². The third kappa shape index (κ3) is 10.9. The van der Waals surface area contributed by atoms with Gasteiger partial charge in [0.2, 0.25) is 0 Å². The average Bonchev–Trinajstić information content (AvgIpc) is 2.48. The van der Waals surface area contributed by atoms with Crippen molar-refractivity contribution in [2.45, 2.75) is 60.7 Å². The molecular formula is C16H31N3O2. The van der Waals surface area contributed by atoms with E-state index in [0.29, 0.717) is 12.4 Å². The number of rotatable bonds is 7. The van der Waals surface area contributed by atoms with Crippen molar-refractivity contribution in [2.24, 2.45) is 15.7 Å². The number of nitrogens with two attached hydrogens (primary N) is 1. The van der Waals surface area contributed by atoms with Crippen LogP contribution in [0.3, 0.4) is 0 Å². The number of amidine groups is 1. The SMILES string of the molecule is CC.CCOC(O)/C=C/C(N=C(C)N=CN)=C(CC)CC. The van der Waals surface area contributed by atoms with Gasteiger partial charge < -0.3 is 15.6 Å². The van der Waals surface area contributed by atoms with Gasteiger partial charge in [-0.3, -0.25) is 0 Å². The molecule has 21 heavy (non-hydrogen) atoms. The monoisotopic (exact) mass is 297 g/mol. The normalized spacial score (nSPS) is 13.2. The van der Waals surface area contributed by atoms with E-state index in [1.54, 1.807) is 19.1 Å². The number of ether oxygens (including phenoxy) is 1. The average molecular weight is 297 g/mol. The van der Waals surface area contributed by atoms with Gasteiger partial charge in [-0.15, -0.1) is 0 Å². The standard InChI is InChI=1S/C14H25N3O2.C2H6/c1-5-12(6-2)13(17-11(4)16-10-15)8-9-14(18)19-7-3;1-2/h8-10,14,18H,5-7H2,1-4H3,(H2,15,16,17);1-2H3/b9-8+;. The summed E-state index contributed by atoms with van der Waals surface area (Å²) >= 11 is 0. The Bertz CT molecular complexity index is 366. The maximum absolute atomic E-state index is 9.53. The van der Waals surface area contributed by atoms with Crippen LogP contribution in [0.1, 0.15) is 54.4 Å². The van der Waals surface area contributed by atoms with Gasteiger partial charge in [0.15, 0.2) is 6.29 Å². The Balaban J connectivity index is 0. The number of nitrogens with zero attached hydrogens (tertiary/aromatic N) is 2. The highest BCUT2D eigenvalue weighted by molar-refractivity contribution is 5.87. The summed E-state index contributed by atoms with van der Waals surface area (Å²) in [4.78, 5) is 8.32. The summed E-state index contributed by atoms with van der Waals surface area (Å²) in [6, 6.07) is 0. The lowest BCUT2D eigenvalue weighted by Gasteiger charge is -2.07. The molecular weight excluding hydrogens is 266 g/mol. The second kappa shape index (κ2) is 14.9. The van der Waals surface area contributed by atoms with E-state index in [1.165, 1.54) is 11.9 Å². The first-order chi connectivity index (χ1) is 10.1. The summed E-state index contributed by atoms with van der Waals surface area (Å²) < 4.78 is 5.04. The first kappa shape index (κ1) is 21.8. The van der Waals surface area contributed by atoms with Crippen LogP contribution in [-0.4, -0.2) is 30.2 Å². The minimum absolute atomic E-state index is 0.457. The summed E-state index contributed by atoms with van der Waals surface area (Å²) in [5.41, 5.74) is 7.23. The van der Waals surface area contributed by atoms with E-state index in [4.69, 9.17) is 10.5 Å². The van der Waals surface area contributed by atoms with E-state index in [2.05, 4.69) is 23.8 Å². The van der Waals surface area contributed by atoms with Crippen LogP contribution in [0.25, 0.3) is 0 Å². The van der Waals surface area contributed by atoms with Gasteiger partial charge in [-0.2, -0.15) is 0 Å². The molecule has 0 saturated carbocycles. The number of allylic oxidation sites excluding steroid dienone is 2. The highest BCUT2D eigenvalue weighted by atomic mass is 16.6. The molecule has 0 aliphatic heterocycles. The summed E-state index contributed by atoms with van der Waals surface area (Å²) in [6.07, 6.45) is 5.43. The van der Waals surface area contributed by atoms with Crippen LogP contribution in [0, 0.1) is 0 Å². The zero-order valence-electron chi connectivity index (χ0n) is 14.3. The predicted molar refractivity (Wildman–Crippen MR) is 91.5 cm³/mol. The Kier molecular flexibility index (Phi) is 15.5. The highest BCUT2D eigenvalue weighted by Crippen LogP contribution is 2.16. The summed E-state index contributed by atoms with van der Waals surface area (Å²) in [7, 11) is 0. The Morgan fingerprint density at radius 3 is 2.24 bits per heavy atom. The maximum Gasteiger partial charge on any atom is 0.174 e. The Morgan fingerprint density at radius 2 is 1.81 bits per heavy atom. The van der Waals surface area contributed by atoms with Crippen molar-refractivity contribution < 1.29 is 9.84 Å². The van der Waals surface area contributed by atoms with Gasteiger partial charge >= 0.3 is 0 Å². The predicted octanol–water partition coefficient (Wildman–Crippen LogP) is 3.40. The molecule has 0 aliphatic rings. The first-order valence-electron chi connectivity index (χ1n) is 7.58. The quantitative estimate of drug-likeness (QED) is 0.327. The molecule has 122 valence electrons. The minimum Gasteiger partial charge on any atom is -0.390 e. The summed E-state index contributed by atoms with van der Waals surface area (Å²) in [5, 5.41) is 9.53. The zero-order valence-corrected chi connectivity index (χ0v) is 14.3. The first-order valence-corrected chi connectivity index (χ1v) is 7.58. The van der Waals surface area contributed by atoms with Crippen LogP contribution in [0.5, 0.6) is 0 Å². The van der Waals surface area contributed by atoms with Crippen LogP contribution < -0.4 is 5.73 Å². The van der Waals surface area contributed by atoms with Gasteiger partial charge in [0.05, 0.1) is 12.0 Å². The van der Waals surface area contributed by atoms with Gasteiger partial charge in [0, 0.05) is 6.61 Å². The molecule has 0 saturated heterocycles. The summed E-state index contributed by atoms with van der Waals surface area (Å²) in [6.45, 7) is 12.2. The lowest BCUT2D eigenvalue weighted by molar-refractivity contribution is -0.0587. The molecule has 0 aliphatic carbocycles. The number of aliphatic hydroxyl groups is 1. The van der Waals surface area contributed by atoms with Crippen LogP contribution in [0.15, 0.2) is 33.4 Å². The van der Waals surface area contributed by atoms with Gasteiger partial charge in [0.25, 0.3) is 0 Å². The number of hydrogen-bond acceptors (Lipinski definition) is 3. The largest absolute Gasteiger partial charge is 0.390 e. The minimum atomic E-state index is -0.913. The van der Waals surface area contributed by atoms with Crippen molar-refractivity contribution in [2.75, 3.05) is 6.61 Å². The fourth-order valence-electron chi connectivity index (χ4n) is 1.56. The lowest BCUT2D eigenvalue weighted by Crippen LogP contribution is -2.07. The molecule has 0 bridgehead atoms. The fourth-order valence-corrected chi connectivity index (χ4v) is 1.56. The molecule has 0 aromatic rings. The van der Waals surface area contributed by atoms with Crippen molar-refractivity contribution in [1.82, 2.24) is 0 Å². The smallest absolute Gasteiger partial charge is 0.174 e. The topological polar surface area (TPSA) is 80.2 Å². The maximum atomic E-state index is 9.53. The molecule has 1 unspecified atom stereocenters. The van der Waals surface area contributed by atoms with Crippen LogP contribution >= 0.6 is 0 Å². The molecule has 0 radical (unpaired) electrons. The Hall–Kier alpha value is -1.46. The van der Waals surface area contributed by atoms with Gasteiger partial charge in [-0.05, 0) is 44.4 Å². The highest BCUT2D eigenvalue weighted by Gasteiger charge is 2.02. The third-order valence-electron chi connectivity index (χ3n) is 2.52. The second-order valence-corrected chi connectivity index (χ2v) is 3.84. The number of aliphatic hydroxyl groups excluding tert-OH is 1. The van der Waals surface area contributed by atoms with Crippen LogP contribution in [0.4, 0.5) is 0 Å². The van der Waals surface area contributed by atoms with Crippen molar-refractivity contribution in [1.29, 1.82) is 0 Å². The molecule has 0 heterocycles. The Labute approximate surface area is 129 Å². The van der Waals surface area contributed by atoms with E-state index >= 15 is 0 Å². The van der Waals surface area contributed by atoms with E-state index in [-0.39, 0.29) is 0 Å². The molecule has 1 atom stereocenters. The second-order valence-electron chi connectivity index (χ2n) is 3.84. The molecule has 0 aromatic carbocycles. The van der Waals surface area contributed by atoms with E-state index in [0.717, 1.165) is 18.5 Å². The van der Waals surface area contributed by atoms with Crippen LogP contribution in [-0.2, 0) is 4.74 Å². The van der Waals surface area contributed by atoms with Crippen molar-refractivity contribution in [3.63, 3.8) is 0 Å². The molecule has 0 rings (SSSR count). The molecule has 3 N–H and O–H groups in total. The molecule has 0 fully saturated rings. The fraction of sp³-hybridized carbons (Fsp3) is 0.625. The molecule has 0 spiro atoms. The number of hydrogen-bond donors (Lipinski definition) is 2.